The number of unbranched alkanes of at least 4 members (excludes halogenated alkanes) is 1. The van der Waals surface area contributed by atoms with Crippen LogP contribution in [-0.4, -0.2) is 6.61 Å². The molecule has 4 heteroatoms. The minimum Gasteiger partial charge on any atom is -0.434 e. The fraction of sp³-hybridized carbons (Fsp3) is 0.385. The molecule has 0 heterocycles. The van der Waals surface area contributed by atoms with Gasteiger partial charge in [0.25, 0.3) is 0 Å². The van der Waals surface area contributed by atoms with Crippen LogP contribution in [0.15, 0.2) is 24.3 Å². The summed E-state index contributed by atoms with van der Waals surface area (Å²) in [6.45, 7) is -2.84. The number of benzene rings is 1. The van der Waals surface area contributed by atoms with E-state index in [-0.39, 0.29) is 11.8 Å². The minimum atomic E-state index is -2.84. The molecule has 1 rings (SSSR count). The normalized spacial score (nSPS) is 12.2. The molecular formula is C13H15F2NO. The first-order valence-corrected chi connectivity index (χ1v) is 5.38. The van der Waals surface area contributed by atoms with E-state index in [1.807, 2.05) is 0 Å². The van der Waals surface area contributed by atoms with Crippen LogP contribution in [0.3, 0.4) is 0 Å². The molecule has 17 heavy (non-hydrogen) atoms. The molecule has 2 nitrogen and oxygen atoms in total. The molecule has 0 fully saturated rings. The first-order chi connectivity index (χ1) is 8.15. The second-order valence-corrected chi connectivity index (χ2v) is 3.62. The third-order valence-corrected chi connectivity index (χ3v) is 2.37. The average Bonchev–Trinajstić information content (AvgIpc) is 2.29. The third-order valence-electron chi connectivity index (χ3n) is 2.37. The van der Waals surface area contributed by atoms with Crippen molar-refractivity contribution in [2.75, 3.05) is 0 Å². The van der Waals surface area contributed by atoms with Crippen molar-refractivity contribution in [3.8, 4) is 18.1 Å². The molecule has 0 aliphatic heterocycles. The van der Waals surface area contributed by atoms with Gasteiger partial charge in [-0.2, -0.15) is 8.78 Å². The van der Waals surface area contributed by atoms with Gasteiger partial charge in [0.05, 0.1) is 0 Å². The highest BCUT2D eigenvalue weighted by molar-refractivity contribution is 5.35. The summed E-state index contributed by atoms with van der Waals surface area (Å²) in [5.41, 5.74) is 6.51. The number of rotatable bonds is 6. The van der Waals surface area contributed by atoms with Gasteiger partial charge in [-0.1, -0.05) is 18.2 Å². The zero-order valence-electron chi connectivity index (χ0n) is 9.40. The number of hydrogen-bond acceptors (Lipinski definition) is 2. The Morgan fingerprint density at radius 2 is 2.06 bits per heavy atom. The maximum Gasteiger partial charge on any atom is 0.387 e. The Morgan fingerprint density at radius 3 is 2.71 bits per heavy atom. The first-order valence-electron chi connectivity index (χ1n) is 5.38. The molecule has 0 bridgehead atoms. The van der Waals surface area contributed by atoms with Gasteiger partial charge in [0.2, 0.25) is 0 Å². The van der Waals surface area contributed by atoms with Crippen molar-refractivity contribution in [2.45, 2.75) is 31.9 Å². The van der Waals surface area contributed by atoms with Gasteiger partial charge in [-0.15, -0.1) is 12.3 Å². The topological polar surface area (TPSA) is 35.2 Å². The SMILES string of the molecule is C#CCCCC(N)c1ccccc1OC(F)F. The van der Waals surface area contributed by atoms with Gasteiger partial charge >= 0.3 is 6.61 Å². The van der Waals surface area contributed by atoms with Crippen LogP contribution >= 0.6 is 0 Å². The van der Waals surface area contributed by atoms with Crippen molar-refractivity contribution in [1.29, 1.82) is 0 Å². The fourth-order valence-electron chi connectivity index (χ4n) is 1.57. The van der Waals surface area contributed by atoms with Crippen molar-refractivity contribution in [3.05, 3.63) is 29.8 Å². The molecular weight excluding hydrogens is 224 g/mol. The van der Waals surface area contributed by atoms with Gasteiger partial charge in [0.15, 0.2) is 0 Å². The van der Waals surface area contributed by atoms with E-state index in [1.54, 1.807) is 18.2 Å². The highest BCUT2D eigenvalue weighted by atomic mass is 19.3. The molecule has 0 spiro atoms. The molecule has 0 saturated carbocycles. The number of terminal acetylenes is 1. The first kappa shape index (κ1) is 13.5. The van der Waals surface area contributed by atoms with E-state index in [1.165, 1.54) is 6.07 Å². The summed E-state index contributed by atoms with van der Waals surface area (Å²) < 4.78 is 28.8. The van der Waals surface area contributed by atoms with Crippen LogP contribution in [-0.2, 0) is 0 Å². The van der Waals surface area contributed by atoms with Crippen LogP contribution in [0.1, 0.15) is 30.9 Å². The molecule has 1 unspecified atom stereocenters. The lowest BCUT2D eigenvalue weighted by Crippen LogP contribution is -2.13. The zero-order chi connectivity index (χ0) is 12.7. The zero-order valence-corrected chi connectivity index (χ0v) is 9.40. The Labute approximate surface area is 99.8 Å². The highest BCUT2D eigenvalue weighted by Gasteiger charge is 2.14. The second-order valence-electron chi connectivity index (χ2n) is 3.62. The predicted octanol–water partition coefficient (Wildman–Crippen LogP) is 3.09. The Bertz CT molecular complexity index is 387. The summed E-state index contributed by atoms with van der Waals surface area (Å²) in [6.07, 6.45) is 7.18. The average molecular weight is 239 g/mol. The monoisotopic (exact) mass is 239 g/mol. The summed E-state index contributed by atoms with van der Waals surface area (Å²) in [4.78, 5) is 0. The van der Waals surface area contributed by atoms with Crippen molar-refractivity contribution in [3.63, 3.8) is 0 Å². The van der Waals surface area contributed by atoms with Crippen LogP contribution in [0.4, 0.5) is 8.78 Å². The van der Waals surface area contributed by atoms with E-state index in [4.69, 9.17) is 12.2 Å². The number of alkyl halides is 2. The Kier molecular flexibility index (Phi) is 5.44. The maximum absolute atomic E-state index is 12.2. The molecule has 0 amide bonds. The van der Waals surface area contributed by atoms with E-state index in [2.05, 4.69) is 10.7 Å². The molecule has 92 valence electrons. The summed E-state index contributed by atoms with van der Waals surface area (Å²) >= 11 is 0. The van der Waals surface area contributed by atoms with Crippen molar-refractivity contribution < 1.29 is 13.5 Å². The Hall–Kier alpha value is -1.60. The van der Waals surface area contributed by atoms with E-state index < -0.39 is 6.61 Å². The van der Waals surface area contributed by atoms with E-state index in [0.717, 1.165) is 6.42 Å². The van der Waals surface area contributed by atoms with Crippen LogP contribution in [0.2, 0.25) is 0 Å². The lowest BCUT2D eigenvalue weighted by molar-refractivity contribution is -0.0506. The summed E-state index contributed by atoms with van der Waals surface area (Å²) in [7, 11) is 0. The molecule has 1 aromatic rings. The van der Waals surface area contributed by atoms with Crippen LogP contribution in [0.25, 0.3) is 0 Å². The number of para-hydroxylation sites is 1. The molecule has 0 saturated heterocycles. The number of nitrogens with two attached hydrogens (primary N) is 1. The van der Waals surface area contributed by atoms with Gasteiger partial charge in [-0.05, 0) is 18.9 Å². The second kappa shape index (κ2) is 6.87. The van der Waals surface area contributed by atoms with Crippen LogP contribution in [0.5, 0.6) is 5.75 Å². The van der Waals surface area contributed by atoms with Crippen molar-refractivity contribution >= 4 is 0 Å². The van der Waals surface area contributed by atoms with E-state index in [9.17, 15) is 8.78 Å². The third kappa shape index (κ3) is 4.41. The van der Waals surface area contributed by atoms with Gasteiger partial charge in [-0.3, -0.25) is 0 Å². The number of halogens is 2. The van der Waals surface area contributed by atoms with Crippen LogP contribution < -0.4 is 10.5 Å². The van der Waals surface area contributed by atoms with E-state index >= 15 is 0 Å². The van der Waals surface area contributed by atoms with E-state index in [0.29, 0.717) is 18.4 Å². The molecule has 0 aliphatic rings. The standard InChI is InChI=1S/C13H15F2NO/c1-2-3-4-8-11(16)10-7-5-6-9-12(10)17-13(14)15/h1,5-7,9,11,13H,3-4,8,16H2. The molecule has 1 atom stereocenters. The Balaban J connectivity index is 2.71. The summed E-state index contributed by atoms with van der Waals surface area (Å²) in [5, 5.41) is 0. The van der Waals surface area contributed by atoms with Crippen molar-refractivity contribution in [2.24, 2.45) is 5.73 Å². The molecule has 2 N–H and O–H groups in total. The predicted molar refractivity (Wildman–Crippen MR) is 62.7 cm³/mol. The van der Waals surface area contributed by atoms with Gasteiger partial charge in [-0.25, -0.2) is 0 Å². The lowest BCUT2D eigenvalue weighted by Gasteiger charge is -2.16. The summed E-state index contributed by atoms with van der Waals surface area (Å²) in [6, 6.07) is 6.23. The molecule has 0 aliphatic carbocycles. The molecule has 0 aromatic heterocycles. The highest BCUT2D eigenvalue weighted by Crippen LogP contribution is 2.27. The van der Waals surface area contributed by atoms with Gasteiger partial charge in [0, 0.05) is 18.0 Å². The number of ether oxygens (including phenoxy) is 1. The smallest absolute Gasteiger partial charge is 0.387 e. The molecule has 0 radical (unpaired) electrons. The van der Waals surface area contributed by atoms with Gasteiger partial charge < -0.3 is 10.5 Å². The quantitative estimate of drug-likeness (QED) is 0.611. The maximum atomic E-state index is 12.2. The van der Waals surface area contributed by atoms with Crippen molar-refractivity contribution in [1.82, 2.24) is 0 Å². The fourth-order valence-corrected chi connectivity index (χ4v) is 1.57. The van der Waals surface area contributed by atoms with Gasteiger partial charge in [0.1, 0.15) is 5.75 Å². The number of hydrogen-bond donors (Lipinski definition) is 1. The largest absolute Gasteiger partial charge is 0.434 e. The Morgan fingerprint density at radius 1 is 1.35 bits per heavy atom. The minimum absolute atomic E-state index is 0.135. The lowest BCUT2D eigenvalue weighted by atomic mass is 10.0. The molecule has 1 aromatic carbocycles. The van der Waals surface area contributed by atoms with Crippen LogP contribution in [0, 0.1) is 12.3 Å². The summed E-state index contributed by atoms with van der Waals surface area (Å²) in [5.74, 6) is 2.65.